The molecule has 1 atom stereocenters. The first-order valence-corrected chi connectivity index (χ1v) is 11.2. The molecule has 2 amide bonds. The van der Waals surface area contributed by atoms with E-state index in [1.807, 2.05) is 24.1 Å². The lowest BCUT2D eigenvalue weighted by molar-refractivity contribution is -0.137. The number of carbonyl (C=O) groups is 3. The highest BCUT2D eigenvalue weighted by Crippen LogP contribution is 2.28. The molecule has 2 saturated heterocycles. The number of nitrogens with one attached hydrogen (secondary N) is 2. The first-order chi connectivity index (χ1) is 14.1. The Morgan fingerprint density at radius 1 is 1.28 bits per heavy atom. The van der Waals surface area contributed by atoms with E-state index in [0.717, 1.165) is 61.6 Å². The number of likely N-dealkylation sites (N-methyl/N-ethyl adjacent to an activating group) is 1. The Bertz CT molecular complexity index is 737. The molecule has 2 aliphatic rings. The van der Waals surface area contributed by atoms with E-state index in [2.05, 4.69) is 21.6 Å². The van der Waals surface area contributed by atoms with Crippen molar-refractivity contribution in [3.63, 3.8) is 0 Å². The minimum atomic E-state index is -0.349. The fourth-order valence-corrected chi connectivity index (χ4v) is 4.89. The van der Waals surface area contributed by atoms with Gasteiger partial charge in [-0.2, -0.15) is 0 Å². The Hall–Kier alpha value is -1.74. The van der Waals surface area contributed by atoms with Crippen LogP contribution >= 0.6 is 11.8 Å². The van der Waals surface area contributed by atoms with Crippen LogP contribution in [-0.2, 0) is 16.1 Å². The Morgan fingerprint density at radius 3 is 2.79 bits per heavy atom. The monoisotopic (exact) mass is 418 g/mol. The summed E-state index contributed by atoms with van der Waals surface area (Å²) < 4.78 is 0. The van der Waals surface area contributed by atoms with Crippen molar-refractivity contribution >= 4 is 29.9 Å². The van der Waals surface area contributed by atoms with Gasteiger partial charge in [-0.3, -0.25) is 24.6 Å². The highest BCUT2D eigenvalue weighted by Gasteiger charge is 2.30. The first kappa shape index (κ1) is 22.0. The lowest BCUT2D eigenvalue weighted by Crippen LogP contribution is -2.51. The summed E-state index contributed by atoms with van der Waals surface area (Å²) in [4.78, 5) is 40.7. The van der Waals surface area contributed by atoms with Gasteiger partial charge >= 0.3 is 0 Å². The van der Waals surface area contributed by atoms with Crippen molar-refractivity contribution in [1.82, 2.24) is 20.4 Å². The normalized spacial score (nSPS) is 20.7. The number of piperidine rings is 1. The number of rotatable bonds is 9. The summed E-state index contributed by atoms with van der Waals surface area (Å²) in [5, 5.41) is 5.78. The Morgan fingerprint density at radius 2 is 2.07 bits per heavy atom. The maximum Gasteiger partial charge on any atom is 0.243 e. The summed E-state index contributed by atoms with van der Waals surface area (Å²) in [5.74, 6) is 0.521. The predicted molar refractivity (Wildman–Crippen MR) is 114 cm³/mol. The van der Waals surface area contributed by atoms with Gasteiger partial charge in [-0.05, 0) is 43.8 Å². The third kappa shape index (κ3) is 6.12. The van der Waals surface area contributed by atoms with Crippen LogP contribution < -0.4 is 10.6 Å². The van der Waals surface area contributed by atoms with Crippen LogP contribution in [0.3, 0.4) is 0 Å². The smallest absolute Gasteiger partial charge is 0.243 e. The van der Waals surface area contributed by atoms with Crippen molar-refractivity contribution in [2.24, 2.45) is 0 Å². The molecule has 158 valence electrons. The number of carbonyl (C=O) groups excluding carboxylic acids is 3. The van der Waals surface area contributed by atoms with Crippen LogP contribution in [0.15, 0.2) is 23.1 Å². The minimum Gasteiger partial charge on any atom is -0.314 e. The molecule has 2 N–H and O–H groups in total. The molecule has 29 heavy (non-hydrogen) atoms. The molecule has 3 rings (SSSR count). The quantitative estimate of drug-likeness (QED) is 0.269. The topological polar surface area (TPSA) is 81.8 Å². The van der Waals surface area contributed by atoms with E-state index in [9.17, 15) is 14.4 Å². The first-order valence-electron chi connectivity index (χ1n) is 10.3. The van der Waals surface area contributed by atoms with Gasteiger partial charge in [-0.1, -0.05) is 12.1 Å². The third-order valence-corrected chi connectivity index (χ3v) is 6.72. The summed E-state index contributed by atoms with van der Waals surface area (Å²) in [6.07, 6.45) is 2.85. The number of imide groups is 1. The zero-order valence-electron chi connectivity index (χ0n) is 17.0. The van der Waals surface area contributed by atoms with Crippen molar-refractivity contribution in [2.75, 3.05) is 45.5 Å². The number of thioether (sulfide) groups is 1. The van der Waals surface area contributed by atoms with Crippen molar-refractivity contribution in [3.05, 3.63) is 29.3 Å². The van der Waals surface area contributed by atoms with Gasteiger partial charge in [0.15, 0.2) is 0 Å². The van der Waals surface area contributed by atoms with Crippen LogP contribution in [-0.4, -0.2) is 79.5 Å². The average molecular weight is 419 g/mol. The van der Waals surface area contributed by atoms with E-state index in [0.29, 0.717) is 24.9 Å². The van der Waals surface area contributed by atoms with Crippen LogP contribution in [0.5, 0.6) is 0 Å². The van der Waals surface area contributed by atoms with E-state index in [1.165, 1.54) is 0 Å². The summed E-state index contributed by atoms with van der Waals surface area (Å²) >= 11 is 1.77. The van der Waals surface area contributed by atoms with Crippen LogP contribution in [0.2, 0.25) is 0 Å². The van der Waals surface area contributed by atoms with E-state index < -0.39 is 0 Å². The molecule has 1 aromatic rings. The van der Waals surface area contributed by atoms with E-state index in [-0.39, 0.29) is 17.9 Å². The van der Waals surface area contributed by atoms with Crippen LogP contribution in [0.4, 0.5) is 0 Å². The predicted octanol–water partition coefficient (Wildman–Crippen LogP) is 1.12. The molecule has 1 unspecified atom stereocenters. The standard InChI is InChI=1S/C21H30N4O3S/c1-24(18-6-7-20(27)23-21(18)28)14-17-16(15-26)4-2-5-19(17)29-13-3-10-25-11-8-22-9-12-25/h2,4-5,15,18,22H,3,6-14H2,1H3,(H,23,27,28). The summed E-state index contributed by atoms with van der Waals surface area (Å²) in [6, 6.07) is 5.44. The number of hydrogen-bond donors (Lipinski definition) is 2. The maximum atomic E-state index is 12.2. The largest absolute Gasteiger partial charge is 0.314 e. The van der Waals surface area contributed by atoms with E-state index in [1.54, 1.807) is 11.8 Å². The van der Waals surface area contributed by atoms with E-state index in [4.69, 9.17) is 0 Å². The van der Waals surface area contributed by atoms with Gasteiger partial charge in [0.25, 0.3) is 0 Å². The zero-order chi connectivity index (χ0) is 20.6. The molecule has 2 aliphatic heterocycles. The molecule has 8 heteroatoms. The van der Waals surface area contributed by atoms with Crippen molar-refractivity contribution in [3.8, 4) is 0 Å². The molecule has 0 aliphatic carbocycles. The SMILES string of the molecule is CN(Cc1c(C=O)cccc1SCCCN1CCNCC1)C1CCC(=O)NC1=O. The number of nitrogens with zero attached hydrogens (tertiary/aromatic N) is 2. The van der Waals surface area contributed by atoms with Gasteiger partial charge in [0, 0.05) is 49.6 Å². The van der Waals surface area contributed by atoms with Gasteiger partial charge < -0.3 is 10.2 Å². The molecule has 2 fully saturated rings. The molecule has 0 radical (unpaired) electrons. The summed E-state index contributed by atoms with van der Waals surface area (Å²) in [5.41, 5.74) is 1.62. The van der Waals surface area contributed by atoms with Gasteiger partial charge in [0.2, 0.25) is 11.8 Å². The third-order valence-electron chi connectivity index (χ3n) is 5.53. The number of hydrogen-bond acceptors (Lipinski definition) is 7. The Kier molecular flexibility index (Phi) is 8.23. The second-order valence-corrected chi connectivity index (χ2v) is 8.75. The molecule has 2 heterocycles. The summed E-state index contributed by atoms with van der Waals surface area (Å²) in [7, 11) is 1.88. The second-order valence-electron chi connectivity index (χ2n) is 7.62. The zero-order valence-corrected chi connectivity index (χ0v) is 17.8. The van der Waals surface area contributed by atoms with Crippen molar-refractivity contribution < 1.29 is 14.4 Å². The Labute approximate surface area is 176 Å². The number of amides is 2. The van der Waals surface area contributed by atoms with Gasteiger partial charge in [0.05, 0.1) is 6.04 Å². The molecular weight excluding hydrogens is 388 g/mol. The fourth-order valence-electron chi connectivity index (χ4n) is 3.86. The molecule has 0 aromatic heterocycles. The van der Waals surface area contributed by atoms with Crippen LogP contribution in [0, 0.1) is 0 Å². The van der Waals surface area contributed by atoms with Crippen LogP contribution in [0.25, 0.3) is 0 Å². The maximum absolute atomic E-state index is 12.2. The number of piperazine rings is 1. The lowest BCUT2D eigenvalue weighted by atomic mass is 10.0. The molecule has 0 bridgehead atoms. The molecular formula is C21H30N4O3S. The van der Waals surface area contributed by atoms with Crippen molar-refractivity contribution in [2.45, 2.75) is 36.7 Å². The molecule has 0 spiro atoms. The Balaban J connectivity index is 1.60. The average Bonchev–Trinajstić information content (AvgIpc) is 2.72. The molecule has 7 nitrogen and oxygen atoms in total. The van der Waals surface area contributed by atoms with E-state index >= 15 is 0 Å². The van der Waals surface area contributed by atoms with Gasteiger partial charge in [0.1, 0.15) is 6.29 Å². The van der Waals surface area contributed by atoms with Gasteiger partial charge in [-0.15, -0.1) is 11.8 Å². The summed E-state index contributed by atoms with van der Waals surface area (Å²) in [6.45, 7) is 5.92. The number of aldehydes is 1. The van der Waals surface area contributed by atoms with Crippen molar-refractivity contribution in [1.29, 1.82) is 0 Å². The highest BCUT2D eigenvalue weighted by atomic mass is 32.2. The lowest BCUT2D eigenvalue weighted by Gasteiger charge is -2.30. The van der Waals surface area contributed by atoms with Crippen LogP contribution in [0.1, 0.15) is 35.2 Å². The second kappa shape index (κ2) is 10.9. The molecule has 0 saturated carbocycles. The molecule has 1 aromatic carbocycles. The number of benzene rings is 1. The van der Waals surface area contributed by atoms with Gasteiger partial charge in [-0.25, -0.2) is 0 Å². The highest BCUT2D eigenvalue weighted by molar-refractivity contribution is 7.99. The fraction of sp³-hybridized carbons (Fsp3) is 0.571. The minimum absolute atomic E-state index is 0.214.